The lowest BCUT2D eigenvalue weighted by Crippen LogP contribution is -1.91. The second-order valence-corrected chi connectivity index (χ2v) is 2.26. The topological polar surface area (TPSA) is 9.23 Å². The number of ether oxygens (including phenoxy) is 1. The lowest BCUT2D eigenvalue weighted by Gasteiger charge is -2.05. The maximum atomic E-state index is 5.10. The highest BCUT2D eigenvalue weighted by Crippen LogP contribution is 2.10. The molecule has 1 nitrogen and oxygen atoms in total. The van der Waals surface area contributed by atoms with Gasteiger partial charge in [-0.1, -0.05) is 12.2 Å². The number of hydrogen-bond donors (Lipinski definition) is 0. The highest BCUT2D eigenvalue weighted by Gasteiger charge is 1.94. The first-order valence-corrected chi connectivity index (χ1v) is 3.51. The van der Waals surface area contributed by atoms with Gasteiger partial charge in [-0.25, -0.2) is 0 Å². The van der Waals surface area contributed by atoms with E-state index in [1.807, 2.05) is 18.4 Å². The van der Waals surface area contributed by atoms with Crippen LogP contribution < -0.4 is 0 Å². The van der Waals surface area contributed by atoms with Gasteiger partial charge in [0, 0.05) is 0 Å². The summed E-state index contributed by atoms with van der Waals surface area (Å²) in [5.74, 6) is 0. The molecule has 0 saturated heterocycles. The van der Waals surface area contributed by atoms with Gasteiger partial charge in [-0.2, -0.15) is 0 Å². The highest BCUT2D eigenvalue weighted by molar-refractivity contribution is 5.19. The summed E-state index contributed by atoms with van der Waals surface area (Å²) in [4.78, 5) is 0. The van der Waals surface area contributed by atoms with Crippen molar-refractivity contribution in [3.63, 3.8) is 0 Å². The minimum atomic E-state index is 0.720. The zero-order valence-electron chi connectivity index (χ0n) is 6.05. The minimum Gasteiger partial charge on any atom is -0.497 e. The molecule has 0 amide bonds. The van der Waals surface area contributed by atoms with E-state index in [4.69, 9.17) is 4.74 Å². The standard InChI is InChI=1S/C9H12O/c1-2-3-5-9-6-4-7-10-8-9/h2,4,6,8H,1,3,5,7H2. The van der Waals surface area contributed by atoms with Crippen LogP contribution in [0.4, 0.5) is 0 Å². The van der Waals surface area contributed by atoms with Crippen molar-refractivity contribution in [1.82, 2.24) is 0 Å². The van der Waals surface area contributed by atoms with Gasteiger partial charge < -0.3 is 4.74 Å². The summed E-state index contributed by atoms with van der Waals surface area (Å²) in [6.07, 6.45) is 9.94. The van der Waals surface area contributed by atoms with Gasteiger partial charge in [-0.05, 0) is 24.5 Å². The van der Waals surface area contributed by atoms with Crippen molar-refractivity contribution in [2.24, 2.45) is 0 Å². The fourth-order valence-corrected chi connectivity index (χ4v) is 0.860. The third-order valence-corrected chi connectivity index (χ3v) is 1.40. The predicted octanol–water partition coefficient (Wildman–Crippen LogP) is 2.42. The first-order valence-electron chi connectivity index (χ1n) is 3.51. The van der Waals surface area contributed by atoms with Crippen molar-refractivity contribution >= 4 is 0 Å². The summed E-state index contributed by atoms with van der Waals surface area (Å²) < 4.78 is 5.10. The normalized spacial score (nSPS) is 15.8. The van der Waals surface area contributed by atoms with E-state index in [0.29, 0.717) is 0 Å². The van der Waals surface area contributed by atoms with Crippen LogP contribution in [0.5, 0.6) is 0 Å². The van der Waals surface area contributed by atoms with Gasteiger partial charge in [0.25, 0.3) is 0 Å². The van der Waals surface area contributed by atoms with Crippen molar-refractivity contribution in [1.29, 1.82) is 0 Å². The van der Waals surface area contributed by atoms with Gasteiger partial charge in [-0.3, -0.25) is 0 Å². The first kappa shape index (κ1) is 7.13. The molecule has 1 rings (SSSR count). The molecule has 0 aromatic rings. The Bertz CT molecular complexity index is 166. The lowest BCUT2D eigenvalue weighted by molar-refractivity contribution is 0.281. The average Bonchev–Trinajstić information content (AvgIpc) is 2.03. The molecule has 1 aliphatic heterocycles. The molecule has 0 radical (unpaired) electrons. The molecule has 0 saturated carbocycles. The SMILES string of the molecule is C=CCCC1=COCC=C1. The van der Waals surface area contributed by atoms with E-state index < -0.39 is 0 Å². The molecular weight excluding hydrogens is 124 g/mol. The Morgan fingerprint density at radius 3 is 3.20 bits per heavy atom. The molecule has 0 fully saturated rings. The number of allylic oxidation sites excluding steroid dienone is 3. The third-order valence-electron chi connectivity index (χ3n) is 1.40. The quantitative estimate of drug-likeness (QED) is 0.541. The summed E-state index contributed by atoms with van der Waals surface area (Å²) in [6.45, 7) is 4.37. The Morgan fingerprint density at radius 2 is 2.60 bits per heavy atom. The fraction of sp³-hybridized carbons (Fsp3) is 0.333. The zero-order chi connectivity index (χ0) is 7.23. The zero-order valence-corrected chi connectivity index (χ0v) is 6.05. The van der Waals surface area contributed by atoms with E-state index >= 15 is 0 Å². The van der Waals surface area contributed by atoms with E-state index in [0.717, 1.165) is 19.4 Å². The third kappa shape index (κ3) is 2.09. The molecule has 0 unspecified atom stereocenters. The van der Waals surface area contributed by atoms with Gasteiger partial charge in [-0.15, -0.1) is 6.58 Å². The molecule has 1 heteroatoms. The number of hydrogen-bond acceptors (Lipinski definition) is 1. The van der Waals surface area contributed by atoms with Crippen LogP contribution in [0.1, 0.15) is 12.8 Å². The van der Waals surface area contributed by atoms with Crippen LogP contribution >= 0.6 is 0 Å². The minimum absolute atomic E-state index is 0.720. The Hall–Kier alpha value is -0.980. The molecule has 0 aromatic carbocycles. The second kappa shape index (κ2) is 3.94. The maximum absolute atomic E-state index is 5.10. The molecular formula is C9H12O. The monoisotopic (exact) mass is 136 g/mol. The van der Waals surface area contributed by atoms with Crippen molar-refractivity contribution in [3.8, 4) is 0 Å². The van der Waals surface area contributed by atoms with Crippen LogP contribution in [0.3, 0.4) is 0 Å². The van der Waals surface area contributed by atoms with E-state index in [-0.39, 0.29) is 0 Å². The van der Waals surface area contributed by atoms with Crippen LogP contribution in [-0.4, -0.2) is 6.61 Å². The van der Waals surface area contributed by atoms with Crippen LogP contribution in [0.2, 0.25) is 0 Å². The highest BCUT2D eigenvalue weighted by atomic mass is 16.5. The van der Waals surface area contributed by atoms with Crippen molar-refractivity contribution in [3.05, 3.63) is 36.6 Å². The van der Waals surface area contributed by atoms with E-state index in [9.17, 15) is 0 Å². The summed E-state index contributed by atoms with van der Waals surface area (Å²) in [6, 6.07) is 0. The van der Waals surface area contributed by atoms with Gasteiger partial charge in [0.05, 0.1) is 6.26 Å². The van der Waals surface area contributed by atoms with Crippen LogP contribution in [-0.2, 0) is 4.74 Å². The Labute approximate surface area is 61.7 Å². The van der Waals surface area contributed by atoms with Gasteiger partial charge in [0.2, 0.25) is 0 Å². The van der Waals surface area contributed by atoms with Gasteiger partial charge >= 0.3 is 0 Å². The summed E-state index contributed by atoms with van der Waals surface area (Å²) in [5.41, 5.74) is 1.26. The van der Waals surface area contributed by atoms with Crippen molar-refractivity contribution < 1.29 is 4.74 Å². The van der Waals surface area contributed by atoms with Crippen molar-refractivity contribution in [2.75, 3.05) is 6.61 Å². The Kier molecular flexibility index (Phi) is 2.81. The fourth-order valence-electron chi connectivity index (χ4n) is 0.860. The van der Waals surface area contributed by atoms with Crippen LogP contribution in [0, 0.1) is 0 Å². The van der Waals surface area contributed by atoms with Gasteiger partial charge in [0.1, 0.15) is 6.61 Å². The van der Waals surface area contributed by atoms with E-state index in [1.165, 1.54) is 5.57 Å². The molecule has 0 aliphatic carbocycles. The predicted molar refractivity (Wildman–Crippen MR) is 42.6 cm³/mol. The first-order chi connectivity index (χ1) is 4.93. The smallest absolute Gasteiger partial charge is 0.106 e. The van der Waals surface area contributed by atoms with Crippen LogP contribution in [0.15, 0.2) is 36.6 Å². The molecule has 54 valence electrons. The van der Waals surface area contributed by atoms with Crippen molar-refractivity contribution in [2.45, 2.75) is 12.8 Å². The molecule has 0 N–H and O–H groups in total. The molecule has 0 aromatic heterocycles. The Morgan fingerprint density at radius 1 is 1.70 bits per heavy atom. The molecule has 0 spiro atoms. The second-order valence-electron chi connectivity index (χ2n) is 2.26. The van der Waals surface area contributed by atoms with E-state index in [2.05, 4.69) is 12.7 Å². The average molecular weight is 136 g/mol. The van der Waals surface area contributed by atoms with Gasteiger partial charge in [0.15, 0.2) is 0 Å². The van der Waals surface area contributed by atoms with E-state index in [1.54, 1.807) is 0 Å². The molecule has 1 heterocycles. The summed E-state index contributed by atoms with van der Waals surface area (Å²) >= 11 is 0. The summed E-state index contributed by atoms with van der Waals surface area (Å²) in [7, 11) is 0. The molecule has 1 aliphatic rings. The number of rotatable bonds is 3. The molecule has 0 atom stereocenters. The molecule has 0 bridgehead atoms. The largest absolute Gasteiger partial charge is 0.497 e. The summed E-state index contributed by atoms with van der Waals surface area (Å²) in [5, 5.41) is 0. The molecule has 10 heavy (non-hydrogen) atoms. The lowest BCUT2D eigenvalue weighted by atomic mass is 10.1. The Balaban J connectivity index is 2.32. The van der Waals surface area contributed by atoms with Crippen LogP contribution in [0.25, 0.3) is 0 Å². The maximum Gasteiger partial charge on any atom is 0.106 e.